The Hall–Kier alpha value is -1.84. The molecule has 0 aromatic heterocycles. The summed E-state index contributed by atoms with van der Waals surface area (Å²) in [6.07, 6.45) is 0.871. The van der Waals surface area contributed by atoms with Gasteiger partial charge >= 0.3 is 0 Å². The molecule has 3 heteroatoms. The van der Waals surface area contributed by atoms with Crippen molar-refractivity contribution in [1.29, 1.82) is 0 Å². The molecule has 0 heterocycles. The van der Waals surface area contributed by atoms with Gasteiger partial charge in [-0.2, -0.15) is 0 Å². The lowest BCUT2D eigenvalue weighted by Crippen LogP contribution is -2.30. The third kappa shape index (κ3) is 3.18. The zero-order chi connectivity index (χ0) is 14.5. The summed E-state index contributed by atoms with van der Waals surface area (Å²) < 4.78 is 5.25. The van der Waals surface area contributed by atoms with Crippen LogP contribution in [0.25, 0.3) is 0 Å². The maximum atomic E-state index is 5.76. The van der Waals surface area contributed by atoms with Crippen LogP contribution in [0, 0.1) is 13.8 Å². The second-order valence-electron chi connectivity index (χ2n) is 5.07. The average molecular weight is 270 g/mol. The Bertz CT molecular complexity index is 581. The van der Waals surface area contributed by atoms with Gasteiger partial charge in [0, 0.05) is 0 Å². The summed E-state index contributed by atoms with van der Waals surface area (Å²) in [7, 11) is 1.68. The highest BCUT2D eigenvalue weighted by atomic mass is 16.5. The Morgan fingerprint density at radius 2 is 1.85 bits per heavy atom. The molecule has 0 aliphatic rings. The monoisotopic (exact) mass is 270 g/mol. The number of methoxy groups -OCH3 is 1. The molecule has 1 unspecified atom stereocenters. The molecule has 20 heavy (non-hydrogen) atoms. The minimum Gasteiger partial charge on any atom is -0.497 e. The Morgan fingerprint density at radius 1 is 1.10 bits per heavy atom. The molecule has 0 bridgehead atoms. The van der Waals surface area contributed by atoms with Crippen molar-refractivity contribution >= 4 is 0 Å². The lowest BCUT2D eigenvalue weighted by atomic mass is 9.94. The smallest absolute Gasteiger partial charge is 0.119 e. The van der Waals surface area contributed by atoms with E-state index in [4.69, 9.17) is 10.6 Å². The first-order valence-electron chi connectivity index (χ1n) is 6.81. The van der Waals surface area contributed by atoms with E-state index in [1.165, 1.54) is 22.3 Å². The van der Waals surface area contributed by atoms with Crippen LogP contribution in [0.2, 0.25) is 0 Å². The Morgan fingerprint density at radius 3 is 2.45 bits per heavy atom. The number of hydrogen-bond acceptors (Lipinski definition) is 3. The molecule has 106 valence electrons. The van der Waals surface area contributed by atoms with Gasteiger partial charge in [-0.15, -0.1) is 0 Å². The van der Waals surface area contributed by atoms with Crippen molar-refractivity contribution in [3.8, 4) is 5.75 Å². The number of benzene rings is 2. The van der Waals surface area contributed by atoms with Crippen LogP contribution >= 0.6 is 0 Å². The lowest BCUT2D eigenvalue weighted by molar-refractivity contribution is 0.414. The van der Waals surface area contributed by atoms with E-state index in [0.29, 0.717) is 0 Å². The average Bonchev–Trinajstić information content (AvgIpc) is 2.47. The maximum absolute atomic E-state index is 5.76. The molecule has 0 spiro atoms. The molecule has 2 aromatic rings. The fourth-order valence-corrected chi connectivity index (χ4v) is 2.48. The molecule has 0 amide bonds. The highest BCUT2D eigenvalue weighted by molar-refractivity contribution is 5.38. The molecule has 1 atom stereocenters. The summed E-state index contributed by atoms with van der Waals surface area (Å²) in [6, 6.07) is 14.6. The van der Waals surface area contributed by atoms with Gasteiger partial charge in [0.2, 0.25) is 0 Å². The molecular formula is C17H22N2O. The number of nitrogens with one attached hydrogen (secondary N) is 1. The van der Waals surface area contributed by atoms with E-state index >= 15 is 0 Å². The lowest BCUT2D eigenvalue weighted by Gasteiger charge is -2.20. The molecule has 2 rings (SSSR count). The van der Waals surface area contributed by atoms with Crippen LogP contribution in [-0.4, -0.2) is 7.11 Å². The van der Waals surface area contributed by atoms with Crippen LogP contribution in [0.3, 0.4) is 0 Å². The first-order valence-corrected chi connectivity index (χ1v) is 6.81. The predicted molar refractivity (Wildman–Crippen MR) is 82.7 cm³/mol. The summed E-state index contributed by atoms with van der Waals surface area (Å²) in [4.78, 5) is 0. The fraction of sp³-hybridized carbons (Fsp3) is 0.294. The minimum atomic E-state index is 0.0991. The largest absolute Gasteiger partial charge is 0.497 e. The van der Waals surface area contributed by atoms with Crippen LogP contribution in [-0.2, 0) is 6.42 Å². The van der Waals surface area contributed by atoms with E-state index in [1.807, 2.05) is 12.1 Å². The number of hydrogen-bond donors (Lipinski definition) is 2. The van der Waals surface area contributed by atoms with Gasteiger partial charge in [0.15, 0.2) is 0 Å². The van der Waals surface area contributed by atoms with Gasteiger partial charge in [0.1, 0.15) is 5.75 Å². The van der Waals surface area contributed by atoms with Gasteiger partial charge in [-0.05, 0) is 54.7 Å². The predicted octanol–water partition coefficient (Wildman–Crippen LogP) is 3.06. The number of hydrazine groups is 1. The van der Waals surface area contributed by atoms with Gasteiger partial charge < -0.3 is 4.74 Å². The Kier molecular flexibility index (Phi) is 4.77. The van der Waals surface area contributed by atoms with Crippen molar-refractivity contribution in [1.82, 2.24) is 5.43 Å². The second-order valence-corrected chi connectivity index (χ2v) is 5.07. The van der Waals surface area contributed by atoms with Crippen LogP contribution in [0.15, 0.2) is 42.5 Å². The number of nitrogens with two attached hydrogens (primary N) is 1. The highest BCUT2D eigenvalue weighted by Gasteiger charge is 2.14. The topological polar surface area (TPSA) is 47.3 Å². The molecule has 0 aliphatic heterocycles. The van der Waals surface area contributed by atoms with E-state index in [9.17, 15) is 0 Å². The molecule has 3 N–H and O–H groups in total. The molecular weight excluding hydrogens is 248 g/mol. The molecule has 2 aromatic carbocycles. The summed E-state index contributed by atoms with van der Waals surface area (Å²) >= 11 is 0. The fourth-order valence-electron chi connectivity index (χ4n) is 2.48. The van der Waals surface area contributed by atoms with Gasteiger partial charge in [0.25, 0.3) is 0 Å². The molecule has 0 radical (unpaired) electrons. The van der Waals surface area contributed by atoms with Crippen LogP contribution in [0.1, 0.15) is 28.3 Å². The summed E-state index contributed by atoms with van der Waals surface area (Å²) in [6.45, 7) is 4.21. The van der Waals surface area contributed by atoms with E-state index in [0.717, 1.165) is 12.2 Å². The van der Waals surface area contributed by atoms with Crippen molar-refractivity contribution in [2.45, 2.75) is 26.3 Å². The summed E-state index contributed by atoms with van der Waals surface area (Å²) in [5, 5.41) is 0. The first kappa shape index (κ1) is 14.6. The molecule has 0 aliphatic carbocycles. The number of rotatable bonds is 5. The molecule has 3 nitrogen and oxygen atoms in total. The van der Waals surface area contributed by atoms with Crippen LogP contribution in [0.4, 0.5) is 0 Å². The Labute approximate surface area is 120 Å². The van der Waals surface area contributed by atoms with Crippen molar-refractivity contribution in [3.63, 3.8) is 0 Å². The molecule has 0 saturated carbocycles. The number of ether oxygens (including phenoxy) is 1. The van der Waals surface area contributed by atoms with Gasteiger partial charge in [-0.25, -0.2) is 0 Å². The third-order valence-electron chi connectivity index (χ3n) is 3.74. The van der Waals surface area contributed by atoms with Crippen LogP contribution < -0.4 is 16.0 Å². The quantitative estimate of drug-likeness (QED) is 0.648. The van der Waals surface area contributed by atoms with Gasteiger partial charge in [0.05, 0.1) is 13.2 Å². The van der Waals surface area contributed by atoms with E-state index < -0.39 is 0 Å². The molecule has 0 saturated heterocycles. The summed E-state index contributed by atoms with van der Waals surface area (Å²) in [5.74, 6) is 6.63. The van der Waals surface area contributed by atoms with Crippen LogP contribution in [0.5, 0.6) is 5.75 Å². The Balaban J connectivity index is 2.27. The SMILES string of the molecule is COc1ccc(C(Cc2ccccc2C)NN)c(C)c1. The van der Waals surface area contributed by atoms with Gasteiger partial charge in [-0.3, -0.25) is 11.3 Å². The van der Waals surface area contributed by atoms with Crippen molar-refractivity contribution in [3.05, 3.63) is 64.7 Å². The van der Waals surface area contributed by atoms with E-state index in [-0.39, 0.29) is 6.04 Å². The zero-order valence-corrected chi connectivity index (χ0v) is 12.3. The second kappa shape index (κ2) is 6.55. The van der Waals surface area contributed by atoms with Gasteiger partial charge in [-0.1, -0.05) is 30.3 Å². The maximum Gasteiger partial charge on any atom is 0.119 e. The third-order valence-corrected chi connectivity index (χ3v) is 3.74. The zero-order valence-electron chi connectivity index (χ0n) is 12.3. The van der Waals surface area contributed by atoms with E-state index in [2.05, 4.69) is 49.6 Å². The number of aryl methyl sites for hydroxylation is 2. The highest BCUT2D eigenvalue weighted by Crippen LogP contribution is 2.25. The standard InChI is InChI=1S/C17H22N2O/c1-12-6-4-5-7-14(12)11-17(19-18)16-9-8-15(20-3)10-13(16)2/h4-10,17,19H,11,18H2,1-3H3. The normalized spacial score (nSPS) is 12.2. The first-order chi connectivity index (χ1) is 9.65. The van der Waals surface area contributed by atoms with Crippen molar-refractivity contribution in [2.24, 2.45) is 5.84 Å². The molecule has 0 fully saturated rings. The summed E-state index contributed by atoms with van der Waals surface area (Å²) in [5.41, 5.74) is 7.92. The van der Waals surface area contributed by atoms with E-state index in [1.54, 1.807) is 7.11 Å². The minimum absolute atomic E-state index is 0.0991. The van der Waals surface area contributed by atoms with Crippen molar-refractivity contribution < 1.29 is 4.74 Å². The van der Waals surface area contributed by atoms with Crippen molar-refractivity contribution in [2.75, 3.05) is 7.11 Å².